The van der Waals surface area contributed by atoms with Crippen LogP contribution in [0.15, 0.2) is 66.7 Å². The smallest absolute Gasteiger partial charge is 0.107 e. The molecular formula is C35H39N7. The lowest BCUT2D eigenvalue weighted by molar-refractivity contribution is 0.447. The first-order chi connectivity index (χ1) is 20.3. The van der Waals surface area contributed by atoms with Gasteiger partial charge in [0.2, 0.25) is 0 Å². The van der Waals surface area contributed by atoms with Gasteiger partial charge in [-0.2, -0.15) is 0 Å². The van der Waals surface area contributed by atoms with Crippen LogP contribution in [0.4, 0.5) is 0 Å². The molecule has 6 N–H and O–H groups in total. The average Bonchev–Trinajstić information content (AvgIpc) is 3.33. The van der Waals surface area contributed by atoms with E-state index in [4.69, 9.17) is 26.4 Å². The van der Waals surface area contributed by atoms with Crippen LogP contribution in [0.25, 0.3) is 55.4 Å². The molecule has 0 spiro atoms. The maximum atomic E-state index is 6.11. The van der Waals surface area contributed by atoms with Gasteiger partial charge in [-0.15, -0.1) is 0 Å². The van der Waals surface area contributed by atoms with E-state index in [1.54, 1.807) is 0 Å². The number of rotatable bonds is 9. The number of aromatic amines is 2. The summed E-state index contributed by atoms with van der Waals surface area (Å²) in [7, 11) is 0. The van der Waals surface area contributed by atoms with E-state index in [2.05, 4.69) is 97.5 Å². The number of fused-ring (bicyclic) bond motifs is 3. The number of benzene rings is 3. The summed E-state index contributed by atoms with van der Waals surface area (Å²) in [6.45, 7) is 6.50. The Labute approximate surface area is 246 Å². The molecule has 3 aromatic heterocycles. The van der Waals surface area contributed by atoms with Crippen LogP contribution in [0.5, 0.6) is 0 Å². The van der Waals surface area contributed by atoms with Crippen molar-refractivity contribution in [3.63, 3.8) is 0 Å². The van der Waals surface area contributed by atoms with E-state index in [9.17, 15) is 0 Å². The minimum Gasteiger partial charge on any atom is -0.342 e. The van der Waals surface area contributed by atoms with Crippen LogP contribution in [0.2, 0.25) is 0 Å². The lowest BCUT2D eigenvalue weighted by atomic mass is 9.99. The van der Waals surface area contributed by atoms with Gasteiger partial charge in [0.25, 0.3) is 0 Å². The number of nitrogens with one attached hydrogen (secondary N) is 2. The van der Waals surface area contributed by atoms with Crippen LogP contribution < -0.4 is 11.5 Å². The number of nitrogens with two attached hydrogens (primary N) is 2. The molecule has 214 valence electrons. The van der Waals surface area contributed by atoms with E-state index >= 15 is 0 Å². The molecule has 0 aliphatic heterocycles. The molecule has 1 aliphatic rings. The first-order valence-electron chi connectivity index (χ1n) is 15.2. The number of nitrogens with zero attached hydrogens (tertiary/aromatic N) is 3. The predicted molar refractivity (Wildman–Crippen MR) is 172 cm³/mol. The van der Waals surface area contributed by atoms with E-state index in [0.717, 1.165) is 92.7 Å². The molecule has 7 rings (SSSR count). The Bertz CT molecular complexity index is 1760. The molecule has 1 aliphatic carbocycles. The third-order valence-corrected chi connectivity index (χ3v) is 9.46. The van der Waals surface area contributed by atoms with Crippen molar-refractivity contribution in [2.45, 2.75) is 58.5 Å². The highest BCUT2D eigenvalue weighted by Crippen LogP contribution is 2.40. The molecule has 7 nitrogen and oxygen atoms in total. The van der Waals surface area contributed by atoms with Gasteiger partial charge >= 0.3 is 0 Å². The molecular weight excluding hydrogens is 518 g/mol. The highest BCUT2D eigenvalue weighted by atomic mass is 14.9. The zero-order valence-electron chi connectivity index (χ0n) is 24.6. The summed E-state index contributed by atoms with van der Waals surface area (Å²) in [5.41, 5.74) is 21.6. The van der Waals surface area contributed by atoms with Crippen LogP contribution in [0, 0.1) is 17.8 Å². The number of imidazole rings is 2. The monoisotopic (exact) mass is 557 g/mol. The maximum absolute atomic E-state index is 6.11. The predicted octanol–water partition coefficient (Wildman–Crippen LogP) is 6.76. The minimum atomic E-state index is 0.193. The minimum absolute atomic E-state index is 0.193. The summed E-state index contributed by atoms with van der Waals surface area (Å²) >= 11 is 0. The van der Waals surface area contributed by atoms with Crippen molar-refractivity contribution in [3.05, 3.63) is 78.4 Å². The van der Waals surface area contributed by atoms with Gasteiger partial charge in [0.1, 0.15) is 11.6 Å². The molecule has 3 heterocycles. The number of H-pyrrole nitrogens is 2. The molecule has 6 aromatic rings. The Kier molecular flexibility index (Phi) is 6.79. The molecule has 0 amide bonds. The zero-order valence-corrected chi connectivity index (χ0v) is 24.6. The molecule has 5 atom stereocenters. The number of hydrogen-bond donors (Lipinski definition) is 4. The second-order valence-corrected chi connectivity index (χ2v) is 12.4. The molecule has 0 saturated heterocycles. The van der Waals surface area contributed by atoms with Gasteiger partial charge in [0.05, 0.1) is 33.3 Å². The molecule has 1 saturated carbocycles. The molecule has 1 fully saturated rings. The van der Waals surface area contributed by atoms with E-state index in [1.165, 1.54) is 0 Å². The van der Waals surface area contributed by atoms with Gasteiger partial charge < -0.3 is 21.4 Å². The van der Waals surface area contributed by atoms with Gasteiger partial charge in [-0.05, 0) is 91.1 Å². The quantitative estimate of drug-likeness (QED) is 0.156. The Morgan fingerprint density at radius 2 is 1.33 bits per heavy atom. The lowest BCUT2D eigenvalue weighted by Gasteiger charge is -2.13. The van der Waals surface area contributed by atoms with E-state index in [0.29, 0.717) is 23.8 Å². The van der Waals surface area contributed by atoms with Crippen LogP contribution in [0.3, 0.4) is 0 Å². The van der Waals surface area contributed by atoms with Crippen LogP contribution in [-0.4, -0.2) is 37.0 Å². The number of hydrogen-bond acceptors (Lipinski definition) is 5. The third-order valence-electron chi connectivity index (χ3n) is 9.46. The van der Waals surface area contributed by atoms with E-state index < -0.39 is 0 Å². The highest BCUT2D eigenvalue weighted by Gasteiger charge is 2.42. The second kappa shape index (κ2) is 10.6. The first-order valence-corrected chi connectivity index (χ1v) is 15.2. The largest absolute Gasteiger partial charge is 0.342 e. The second-order valence-electron chi connectivity index (χ2n) is 12.4. The fourth-order valence-electron chi connectivity index (χ4n) is 6.13. The SMILES string of the molecule is CC(N)[C@H](C)CCc1nc2ccc(-c3ccc4nc(-c5ccc6nc(CCC7C(N)[C@@H]7C)[nH]c6c5)ccc4c3)cc2[nH]1. The van der Waals surface area contributed by atoms with E-state index in [-0.39, 0.29) is 6.04 Å². The Hall–Kier alpha value is -4.07. The molecule has 42 heavy (non-hydrogen) atoms. The van der Waals surface area contributed by atoms with Crippen LogP contribution >= 0.6 is 0 Å². The van der Waals surface area contributed by atoms with Gasteiger partial charge in [0.15, 0.2) is 0 Å². The fraction of sp³-hybridized carbons (Fsp3) is 0.343. The van der Waals surface area contributed by atoms with Gasteiger partial charge in [-0.3, -0.25) is 0 Å². The average molecular weight is 558 g/mol. The van der Waals surface area contributed by atoms with Crippen molar-refractivity contribution in [1.29, 1.82) is 0 Å². The third kappa shape index (κ3) is 5.19. The molecule has 7 heteroatoms. The molecule has 0 radical (unpaired) electrons. The summed E-state index contributed by atoms with van der Waals surface area (Å²) in [4.78, 5) is 21.6. The summed E-state index contributed by atoms with van der Waals surface area (Å²) in [6, 6.07) is 24.1. The van der Waals surface area contributed by atoms with Gasteiger partial charge in [-0.25, -0.2) is 15.0 Å². The summed E-state index contributed by atoms with van der Waals surface area (Å²) in [5, 5.41) is 1.11. The van der Waals surface area contributed by atoms with Crippen molar-refractivity contribution in [2.24, 2.45) is 29.2 Å². The van der Waals surface area contributed by atoms with Crippen molar-refractivity contribution < 1.29 is 0 Å². The maximum Gasteiger partial charge on any atom is 0.107 e. The molecule has 0 bridgehead atoms. The highest BCUT2D eigenvalue weighted by molar-refractivity contribution is 5.89. The Morgan fingerprint density at radius 3 is 2.00 bits per heavy atom. The topological polar surface area (TPSA) is 122 Å². The number of aromatic nitrogens is 5. The number of aryl methyl sites for hydroxylation is 2. The lowest BCUT2D eigenvalue weighted by Crippen LogP contribution is -2.24. The first kappa shape index (κ1) is 26.8. The van der Waals surface area contributed by atoms with E-state index in [1.807, 2.05) is 0 Å². The normalized spacial score (nSPS) is 20.0. The Morgan fingerprint density at radius 1 is 0.738 bits per heavy atom. The fourth-order valence-corrected chi connectivity index (χ4v) is 6.13. The Balaban J connectivity index is 1.09. The van der Waals surface area contributed by atoms with Crippen LogP contribution in [0.1, 0.15) is 45.3 Å². The summed E-state index contributed by atoms with van der Waals surface area (Å²) in [5.74, 6) is 3.78. The van der Waals surface area contributed by atoms with Crippen molar-refractivity contribution in [3.8, 4) is 22.4 Å². The van der Waals surface area contributed by atoms with Crippen molar-refractivity contribution >= 4 is 33.0 Å². The molecule has 3 unspecified atom stereocenters. The zero-order chi connectivity index (χ0) is 29.0. The number of pyridine rings is 1. The van der Waals surface area contributed by atoms with Crippen molar-refractivity contribution in [2.75, 3.05) is 0 Å². The van der Waals surface area contributed by atoms with Gasteiger partial charge in [-0.1, -0.05) is 38.1 Å². The van der Waals surface area contributed by atoms with Crippen LogP contribution in [-0.2, 0) is 12.8 Å². The van der Waals surface area contributed by atoms with Gasteiger partial charge in [0, 0.05) is 35.9 Å². The molecule has 3 aromatic carbocycles. The summed E-state index contributed by atoms with van der Waals surface area (Å²) < 4.78 is 0. The standard InChI is InChI=1S/C35H39N7/c1-19(21(3)36)4-14-33-39-29-12-6-23(17-31(29)41-33)22-5-10-27-24(16-22)7-11-28(38-27)25-8-13-30-32(18-25)42-34(40-30)15-9-26-20(2)35(26)37/h5-8,10-13,16-21,26,35H,4,9,14-15,36-37H2,1-3H3,(H,39,41)(H,40,42)/t19-,20-,21?,26?,35?/m1/s1. The van der Waals surface area contributed by atoms with Crippen molar-refractivity contribution in [1.82, 2.24) is 24.9 Å². The summed E-state index contributed by atoms with van der Waals surface area (Å²) in [6.07, 6.45) is 3.95.